The molecule has 2 aliphatic heterocycles. The van der Waals surface area contributed by atoms with E-state index in [0.29, 0.717) is 0 Å². The molecule has 4 heteroatoms. The van der Waals surface area contributed by atoms with Crippen LogP contribution >= 0.6 is 22.9 Å². The Labute approximate surface area is 112 Å². The SMILES string of the molecule is Clc1ccc(CCN2CCN3CCCC3C2)s1. The van der Waals surface area contributed by atoms with Crippen LogP contribution < -0.4 is 0 Å². The van der Waals surface area contributed by atoms with Crippen molar-refractivity contribution in [1.82, 2.24) is 9.80 Å². The van der Waals surface area contributed by atoms with Crippen LogP contribution in [0.3, 0.4) is 0 Å². The Kier molecular flexibility index (Phi) is 3.71. The maximum absolute atomic E-state index is 5.95. The third-order valence-electron chi connectivity index (χ3n) is 3.97. The Morgan fingerprint density at radius 1 is 1.29 bits per heavy atom. The van der Waals surface area contributed by atoms with Crippen LogP contribution in [0.1, 0.15) is 17.7 Å². The van der Waals surface area contributed by atoms with E-state index < -0.39 is 0 Å². The zero-order chi connectivity index (χ0) is 11.7. The molecular weight excluding hydrogens is 252 g/mol. The average molecular weight is 271 g/mol. The van der Waals surface area contributed by atoms with E-state index >= 15 is 0 Å². The predicted octanol–water partition coefficient (Wildman–Crippen LogP) is 2.72. The van der Waals surface area contributed by atoms with Gasteiger partial charge >= 0.3 is 0 Å². The Hall–Kier alpha value is -0.0900. The Balaban J connectivity index is 1.49. The molecule has 3 rings (SSSR count). The van der Waals surface area contributed by atoms with Crippen LogP contribution in [0.4, 0.5) is 0 Å². The predicted molar refractivity (Wildman–Crippen MR) is 74.1 cm³/mol. The van der Waals surface area contributed by atoms with E-state index in [9.17, 15) is 0 Å². The third-order valence-corrected chi connectivity index (χ3v) is 5.27. The summed E-state index contributed by atoms with van der Waals surface area (Å²) >= 11 is 7.68. The molecule has 2 saturated heterocycles. The summed E-state index contributed by atoms with van der Waals surface area (Å²) in [7, 11) is 0. The number of fused-ring (bicyclic) bond motifs is 1. The number of thiophene rings is 1. The molecule has 0 radical (unpaired) electrons. The molecule has 3 heterocycles. The first-order valence-corrected chi connectivity index (χ1v) is 7.71. The summed E-state index contributed by atoms with van der Waals surface area (Å²) in [6.07, 6.45) is 3.96. The van der Waals surface area contributed by atoms with Crippen molar-refractivity contribution >= 4 is 22.9 Å². The molecule has 1 atom stereocenters. The first-order chi connectivity index (χ1) is 8.31. The van der Waals surface area contributed by atoms with Crippen molar-refractivity contribution in [2.45, 2.75) is 25.3 Å². The highest BCUT2D eigenvalue weighted by atomic mass is 35.5. The van der Waals surface area contributed by atoms with Crippen LogP contribution in [0.2, 0.25) is 4.34 Å². The van der Waals surface area contributed by atoms with Crippen LogP contribution in [-0.4, -0.2) is 48.6 Å². The van der Waals surface area contributed by atoms with E-state index in [1.54, 1.807) is 11.3 Å². The van der Waals surface area contributed by atoms with Crippen molar-refractivity contribution in [1.29, 1.82) is 0 Å². The highest BCUT2D eigenvalue weighted by Gasteiger charge is 2.30. The standard InChI is InChI=1S/C13H19ClN2S/c14-13-4-3-12(17-13)5-7-15-8-9-16-6-1-2-11(16)10-15/h3-4,11H,1-2,5-10H2. The van der Waals surface area contributed by atoms with Gasteiger partial charge in [0.25, 0.3) is 0 Å². The summed E-state index contributed by atoms with van der Waals surface area (Å²) in [5.41, 5.74) is 0. The van der Waals surface area contributed by atoms with Gasteiger partial charge in [0.1, 0.15) is 0 Å². The summed E-state index contributed by atoms with van der Waals surface area (Å²) in [5, 5.41) is 0. The van der Waals surface area contributed by atoms with Gasteiger partial charge in [-0.15, -0.1) is 11.3 Å². The number of hydrogen-bond acceptors (Lipinski definition) is 3. The van der Waals surface area contributed by atoms with Crippen molar-refractivity contribution in [3.05, 3.63) is 21.3 Å². The minimum Gasteiger partial charge on any atom is -0.300 e. The van der Waals surface area contributed by atoms with E-state index in [0.717, 1.165) is 16.8 Å². The minimum absolute atomic E-state index is 0.843. The van der Waals surface area contributed by atoms with Gasteiger partial charge in [0.2, 0.25) is 0 Å². The average Bonchev–Trinajstić information content (AvgIpc) is 2.94. The molecular formula is C13H19ClN2S. The molecule has 0 saturated carbocycles. The van der Waals surface area contributed by atoms with Crippen molar-refractivity contribution in [2.24, 2.45) is 0 Å². The fourth-order valence-electron chi connectivity index (χ4n) is 3.01. The monoisotopic (exact) mass is 270 g/mol. The molecule has 1 unspecified atom stereocenters. The van der Waals surface area contributed by atoms with Gasteiger partial charge in [-0.2, -0.15) is 0 Å². The third kappa shape index (κ3) is 2.84. The van der Waals surface area contributed by atoms with Crippen LogP contribution in [0, 0.1) is 0 Å². The largest absolute Gasteiger partial charge is 0.300 e. The number of nitrogens with zero attached hydrogens (tertiary/aromatic N) is 2. The Morgan fingerprint density at radius 3 is 3.06 bits per heavy atom. The second kappa shape index (κ2) is 5.27. The van der Waals surface area contributed by atoms with E-state index in [-0.39, 0.29) is 0 Å². The van der Waals surface area contributed by atoms with Gasteiger partial charge in [0, 0.05) is 37.1 Å². The highest BCUT2D eigenvalue weighted by Crippen LogP contribution is 2.24. The highest BCUT2D eigenvalue weighted by molar-refractivity contribution is 7.16. The molecule has 1 aromatic rings. The normalized spacial score (nSPS) is 26.3. The lowest BCUT2D eigenvalue weighted by Gasteiger charge is -2.37. The lowest BCUT2D eigenvalue weighted by molar-refractivity contribution is 0.106. The molecule has 0 bridgehead atoms. The number of rotatable bonds is 3. The molecule has 0 aliphatic carbocycles. The van der Waals surface area contributed by atoms with Gasteiger partial charge in [-0.1, -0.05) is 11.6 Å². The van der Waals surface area contributed by atoms with Crippen molar-refractivity contribution in [3.63, 3.8) is 0 Å². The maximum Gasteiger partial charge on any atom is 0.0931 e. The van der Waals surface area contributed by atoms with Crippen LogP contribution in [0.25, 0.3) is 0 Å². The lowest BCUT2D eigenvalue weighted by Crippen LogP contribution is -2.50. The zero-order valence-electron chi connectivity index (χ0n) is 10.1. The smallest absolute Gasteiger partial charge is 0.0931 e. The van der Waals surface area contributed by atoms with Crippen molar-refractivity contribution in [3.8, 4) is 0 Å². The summed E-state index contributed by atoms with van der Waals surface area (Å²) < 4.78 is 0.917. The van der Waals surface area contributed by atoms with Crippen LogP contribution in [0.5, 0.6) is 0 Å². The summed E-state index contributed by atoms with van der Waals surface area (Å²) in [4.78, 5) is 6.71. The number of halogens is 1. The van der Waals surface area contributed by atoms with E-state index in [1.165, 1.54) is 50.4 Å². The Bertz CT molecular complexity index is 379. The molecule has 1 aromatic heterocycles. The fraction of sp³-hybridized carbons (Fsp3) is 0.692. The molecule has 0 N–H and O–H groups in total. The molecule has 2 nitrogen and oxygen atoms in total. The Morgan fingerprint density at radius 2 is 2.24 bits per heavy atom. The van der Waals surface area contributed by atoms with Gasteiger partial charge in [0.05, 0.1) is 4.34 Å². The second-order valence-electron chi connectivity index (χ2n) is 5.09. The quantitative estimate of drug-likeness (QED) is 0.833. The zero-order valence-corrected chi connectivity index (χ0v) is 11.6. The molecule has 0 amide bonds. The lowest BCUT2D eigenvalue weighted by atomic mass is 10.1. The molecule has 0 spiro atoms. The van der Waals surface area contributed by atoms with Crippen molar-refractivity contribution in [2.75, 3.05) is 32.7 Å². The summed E-state index contributed by atoms with van der Waals surface area (Å²) in [6, 6.07) is 5.02. The number of piperazine rings is 1. The van der Waals surface area contributed by atoms with E-state index in [2.05, 4.69) is 15.9 Å². The van der Waals surface area contributed by atoms with Gasteiger partial charge in [0.15, 0.2) is 0 Å². The molecule has 17 heavy (non-hydrogen) atoms. The summed E-state index contributed by atoms with van der Waals surface area (Å²) in [5.74, 6) is 0. The maximum atomic E-state index is 5.95. The molecule has 2 aliphatic rings. The minimum atomic E-state index is 0.843. The van der Waals surface area contributed by atoms with Gasteiger partial charge < -0.3 is 4.90 Å². The topological polar surface area (TPSA) is 6.48 Å². The fourth-order valence-corrected chi connectivity index (χ4v) is 4.09. The van der Waals surface area contributed by atoms with E-state index in [4.69, 9.17) is 11.6 Å². The van der Waals surface area contributed by atoms with Crippen LogP contribution in [0.15, 0.2) is 12.1 Å². The van der Waals surface area contributed by atoms with Gasteiger partial charge in [-0.25, -0.2) is 0 Å². The van der Waals surface area contributed by atoms with Gasteiger partial charge in [-0.3, -0.25) is 4.90 Å². The first kappa shape index (κ1) is 12.0. The van der Waals surface area contributed by atoms with Crippen molar-refractivity contribution < 1.29 is 0 Å². The van der Waals surface area contributed by atoms with Gasteiger partial charge in [-0.05, 0) is 37.9 Å². The van der Waals surface area contributed by atoms with Crippen LogP contribution in [-0.2, 0) is 6.42 Å². The molecule has 0 aromatic carbocycles. The number of hydrogen-bond donors (Lipinski definition) is 0. The second-order valence-corrected chi connectivity index (χ2v) is 6.89. The molecule has 94 valence electrons. The van der Waals surface area contributed by atoms with E-state index in [1.807, 2.05) is 6.07 Å². The summed E-state index contributed by atoms with van der Waals surface area (Å²) in [6.45, 7) is 6.32. The first-order valence-electron chi connectivity index (χ1n) is 6.52. The molecule has 2 fully saturated rings.